The van der Waals surface area contributed by atoms with Crippen LogP contribution in [0.3, 0.4) is 0 Å². The second-order valence-corrected chi connectivity index (χ2v) is 5.29. The molecule has 0 aliphatic carbocycles. The average Bonchev–Trinajstić information content (AvgIpc) is 3.11. The van der Waals surface area contributed by atoms with Crippen LogP contribution in [0.2, 0.25) is 0 Å². The van der Waals surface area contributed by atoms with Gasteiger partial charge in [0.15, 0.2) is 0 Å². The van der Waals surface area contributed by atoms with E-state index < -0.39 is 23.9 Å². The molecule has 116 valence electrons. The van der Waals surface area contributed by atoms with Crippen LogP contribution in [0, 0.1) is 0 Å². The van der Waals surface area contributed by atoms with Gasteiger partial charge < -0.3 is 9.88 Å². The van der Waals surface area contributed by atoms with Gasteiger partial charge in [-0.15, -0.1) is 0 Å². The van der Waals surface area contributed by atoms with E-state index in [0.29, 0.717) is 11.3 Å². The van der Waals surface area contributed by atoms with Crippen LogP contribution in [0.25, 0.3) is 10.9 Å². The first-order valence-corrected chi connectivity index (χ1v) is 6.87. The molecule has 0 bridgehead atoms. The number of ketones is 1. The number of benzene rings is 1. The van der Waals surface area contributed by atoms with Gasteiger partial charge in [-0.1, -0.05) is 18.2 Å². The number of carbonyl (C=O) groups is 2. The van der Waals surface area contributed by atoms with Crippen LogP contribution in [-0.4, -0.2) is 40.3 Å². The quantitative estimate of drug-likeness (QED) is 0.867. The summed E-state index contributed by atoms with van der Waals surface area (Å²) in [4.78, 5) is 27.4. The van der Waals surface area contributed by atoms with Gasteiger partial charge in [-0.2, -0.15) is 13.2 Å². The lowest BCUT2D eigenvalue weighted by Crippen LogP contribution is -2.46. The van der Waals surface area contributed by atoms with Crippen LogP contribution < -0.4 is 0 Å². The smallest absolute Gasteiger partial charge is 0.352 e. The fourth-order valence-electron chi connectivity index (χ4n) is 2.83. The van der Waals surface area contributed by atoms with Crippen LogP contribution in [0.5, 0.6) is 0 Å². The second-order valence-electron chi connectivity index (χ2n) is 5.29. The van der Waals surface area contributed by atoms with Gasteiger partial charge in [-0.3, -0.25) is 9.59 Å². The van der Waals surface area contributed by atoms with Crippen molar-refractivity contribution in [3.8, 4) is 0 Å². The van der Waals surface area contributed by atoms with E-state index >= 15 is 0 Å². The molecule has 1 fully saturated rings. The molecule has 22 heavy (non-hydrogen) atoms. The number of rotatable bonds is 2. The largest absolute Gasteiger partial charge is 0.471 e. The Hall–Kier alpha value is -2.31. The Kier molecular flexibility index (Phi) is 3.42. The van der Waals surface area contributed by atoms with Gasteiger partial charge >= 0.3 is 12.1 Å². The van der Waals surface area contributed by atoms with Gasteiger partial charge in [0.05, 0.1) is 11.7 Å². The van der Waals surface area contributed by atoms with Crippen LogP contribution in [-0.2, 0) is 4.79 Å². The molecule has 1 saturated heterocycles. The number of fused-ring (bicyclic) bond motifs is 1. The molecule has 1 amide bonds. The Labute approximate surface area is 123 Å². The first kappa shape index (κ1) is 14.6. The molecule has 0 spiro atoms. The van der Waals surface area contributed by atoms with Crippen molar-refractivity contribution in [2.45, 2.75) is 25.1 Å². The van der Waals surface area contributed by atoms with E-state index in [9.17, 15) is 22.8 Å². The van der Waals surface area contributed by atoms with Crippen molar-refractivity contribution in [3.63, 3.8) is 0 Å². The van der Waals surface area contributed by atoms with Crippen molar-refractivity contribution >= 4 is 22.6 Å². The molecular weight excluding hydrogens is 297 g/mol. The molecule has 4 nitrogen and oxygen atoms in total. The Morgan fingerprint density at radius 3 is 2.64 bits per heavy atom. The molecule has 0 unspecified atom stereocenters. The third-order valence-electron chi connectivity index (χ3n) is 3.85. The van der Waals surface area contributed by atoms with Crippen molar-refractivity contribution in [1.82, 2.24) is 9.88 Å². The zero-order valence-electron chi connectivity index (χ0n) is 11.5. The zero-order chi connectivity index (χ0) is 15.9. The molecule has 1 aromatic heterocycles. The second kappa shape index (κ2) is 5.15. The van der Waals surface area contributed by atoms with Crippen LogP contribution in [0.1, 0.15) is 23.3 Å². The number of carbonyl (C=O) groups excluding carboxylic acids is 2. The average molecular weight is 310 g/mol. The highest BCUT2D eigenvalue weighted by Gasteiger charge is 2.47. The predicted molar refractivity (Wildman–Crippen MR) is 73.4 cm³/mol. The fourth-order valence-corrected chi connectivity index (χ4v) is 2.83. The third kappa shape index (κ3) is 2.47. The number of para-hydroxylation sites is 1. The van der Waals surface area contributed by atoms with E-state index in [1.165, 1.54) is 0 Å². The number of hydrogen-bond donors (Lipinski definition) is 1. The van der Waals surface area contributed by atoms with Gasteiger partial charge in [0.1, 0.15) is 0 Å². The molecule has 2 aromatic rings. The molecule has 1 aliphatic rings. The fraction of sp³-hybridized carbons (Fsp3) is 0.333. The Morgan fingerprint density at radius 2 is 1.95 bits per heavy atom. The van der Waals surface area contributed by atoms with E-state index in [2.05, 4.69) is 4.98 Å². The van der Waals surface area contributed by atoms with Gasteiger partial charge in [-0.05, 0) is 25.0 Å². The predicted octanol–water partition coefficient (Wildman–Crippen LogP) is 2.90. The lowest BCUT2D eigenvalue weighted by Gasteiger charge is -2.24. The maximum Gasteiger partial charge on any atom is 0.471 e. The maximum atomic E-state index is 12.6. The monoisotopic (exact) mass is 310 g/mol. The third-order valence-corrected chi connectivity index (χ3v) is 3.85. The number of nitrogens with zero attached hydrogens (tertiary/aromatic N) is 1. The van der Waals surface area contributed by atoms with Crippen LogP contribution in [0.15, 0.2) is 30.3 Å². The Bertz CT molecular complexity index is 703. The minimum atomic E-state index is -4.96. The highest BCUT2D eigenvalue weighted by molar-refractivity contribution is 6.04. The van der Waals surface area contributed by atoms with Crippen molar-refractivity contribution in [1.29, 1.82) is 0 Å². The van der Waals surface area contributed by atoms with E-state index in [1.807, 2.05) is 0 Å². The normalized spacial score (nSPS) is 18.9. The summed E-state index contributed by atoms with van der Waals surface area (Å²) < 4.78 is 37.8. The lowest BCUT2D eigenvalue weighted by atomic mass is 10.1. The Balaban J connectivity index is 1.89. The summed E-state index contributed by atoms with van der Waals surface area (Å²) in [5.41, 5.74) is 0.964. The van der Waals surface area contributed by atoms with E-state index in [0.717, 1.165) is 10.9 Å². The molecule has 0 saturated carbocycles. The Morgan fingerprint density at radius 1 is 1.23 bits per heavy atom. The topological polar surface area (TPSA) is 53.2 Å². The number of alkyl halides is 3. The van der Waals surface area contributed by atoms with Crippen molar-refractivity contribution < 1.29 is 22.8 Å². The minimum absolute atomic E-state index is 0.0466. The van der Waals surface area contributed by atoms with Gasteiger partial charge in [0.2, 0.25) is 5.78 Å². The summed E-state index contributed by atoms with van der Waals surface area (Å²) in [5.74, 6) is -2.43. The molecule has 1 atom stereocenters. The number of amides is 1. The number of nitrogens with one attached hydrogen (secondary N) is 1. The lowest BCUT2D eigenvalue weighted by molar-refractivity contribution is -0.185. The standard InChI is InChI=1S/C15H13F3N2O2/c16-15(17,18)14(22)20-7-3-6-12(20)13(21)11-8-9-4-1-2-5-10(9)19-11/h1-2,4-5,8,12,19H,3,6-7H2/t12-/m1/s1. The number of hydrogen-bond acceptors (Lipinski definition) is 2. The number of halogens is 3. The van der Waals surface area contributed by atoms with Crippen molar-refractivity contribution in [3.05, 3.63) is 36.0 Å². The summed E-state index contributed by atoms with van der Waals surface area (Å²) in [6.45, 7) is -0.0466. The molecule has 0 radical (unpaired) electrons. The van der Waals surface area contributed by atoms with Crippen LogP contribution >= 0.6 is 0 Å². The summed E-state index contributed by atoms with van der Waals surface area (Å²) in [5, 5.41) is 0.803. The number of aromatic amines is 1. The van der Waals surface area contributed by atoms with E-state index in [-0.39, 0.29) is 18.7 Å². The van der Waals surface area contributed by atoms with Crippen molar-refractivity contribution in [2.24, 2.45) is 0 Å². The molecule has 3 rings (SSSR count). The zero-order valence-corrected chi connectivity index (χ0v) is 11.5. The molecule has 7 heteroatoms. The summed E-state index contributed by atoms with van der Waals surface area (Å²) in [6.07, 6.45) is -4.32. The SMILES string of the molecule is O=C(c1cc2ccccc2[nH]1)[C@H]1CCCN1C(=O)C(F)(F)F. The van der Waals surface area contributed by atoms with E-state index in [4.69, 9.17) is 0 Å². The minimum Gasteiger partial charge on any atom is -0.352 e. The van der Waals surface area contributed by atoms with Gasteiger partial charge in [0.25, 0.3) is 0 Å². The van der Waals surface area contributed by atoms with E-state index in [1.54, 1.807) is 30.3 Å². The molecule has 1 N–H and O–H groups in total. The molecular formula is C15H13F3N2O2. The number of aromatic nitrogens is 1. The van der Waals surface area contributed by atoms with Gasteiger partial charge in [-0.25, -0.2) is 0 Å². The van der Waals surface area contributed by atoms with Crippen molar-refractivity contribution in [2.75, 3.05) is 6.54 Å². The number of Topliss-reactive ketones (excluding diaryl/α,β-unsaturated/α-hetero) is 1. The summed E-state index contributed by atoms with van der Waals surface area (Å²) in [7, 11) is 0. The van der Waals surface area contributed by atoms with Gasteiger partial charge in [0, 0.05) is 17.4 Å². The highest BCUT2D eigenvalue weighted by Crippen LogP contribution is 2.28. The summed E-state index contributed by atoms with van der Waals surface area (Å²) in [6, 6.07) is 7.73. The first-order chi connectivity index (χ1) is 10.4. The maximum absolute atomic E-state index is 12.6. The molecule has 2 heterocycles. The number of H-pyrrole nitrogens is 1. The first-order valence-electron chi connectivity index (χ1n) is 6.87. The summed E-state index contributed by atoms with van der Waals surface area (Å²) >= 11 is 0. The molecule has 1 aliphatic heterocycles. The molecule has 1 aromatic carbocycles. The highest BCUT2D eigenvalue weighted by atomic mass is 19.4. The van der Waals surface area contributed by atoms with Crippen LogP contribution in [0.4, 0.5) is 13.2 Å². The number of likely N-dealkylation sites (tertiary alicyclic amines) is 1.